The first-order valence-electron chi connectivity index (χ1n) is 6.21. The van der Waals surface area contributed by atoms with E-state index in [1.165, 1.54) is 0 Å². The second-order valence-electron chi connectivity index (χ2n) is 4.20. The Bertz CT molecular complexity index is 467. The van der Waals surface area contributed by atoms with Gasteiger partial charge in [-0.15, -0.1) is 0 Å². The standard InChI is InChI=1S/C14H19N3O/c1-2-17(10-13-5-3-4-7-16-13)11-14-12(9-15)6-8-18-14/h3-8H,2,9-11,15H2,1H3. The van der Waals surface area contributed by atoms with Crippen molar-refractivity contribution in [3.63, 3.8) is 0 Å². The Labute approximate surface area is 107 Å². The van der Waals surface area contributed by atoms with Gasteiger partial charge >= 0.3 is 0 Å². The highest BCUT2D eigenvalue weighted by molar-refractivity contribution is 5.16. The van der Waals surface area contributed by atoms with Gasteiger partial charge in [-0.2, -0.15) is 0 Å². The number of nitrogens with two attached hydrogens (primary N) is 1. The van der Waals surface area contributed by atoms with E-state index >= 15 is 0 Å². The summed E-state index contributed by atoms with van der Waals surface area (Å²) in [6.45, 7) is 5.19. The Morgan fingerprint density at radius 3 is 2.83 bits per heavy atom. The number of hydrogen-bond acceptors (Lipinski definition) is 4. The highest BCUT2D eigenvalue weighted by Crippen LogP contribution is 2.14. The molecule has 0 radical (unpaired) electrons. The van der Waals surface area contributed by atoms with E-state index in [4.69, 9.17) is 10.2 Å². The van der Waals surface area contributed by atoms with Crippen LogP contribution in [0.5, 0.6) is 0 Å². The monoisotopic (exact) mass is 245 g/mol. The lowest BCUT2D eigenvalue weighted by atomic mass is 10.2. The molecular formula is C14H19N3O. The second-order valence-corrected chi connectivity index (χ2v) is 4.20. The normalized spacial score (nSPS) is 11.1. The molecular weight excluding hydrogens is 226 g/mol. The molecule has 0 bridgehead atoms. The van der Waals surface area contributed by atoms with Crippen LogP contribution in [-0.2, 0) is 19.6 Å². The maximum Gasteiger partial charge on any atom is 0.122 e. The SMILES string of the molecule is CCN(Cc1ccccn1)Cc1occc1CN. The average molecular weight is 245 g/mol. The third kappa shape index (κ3) is 3.18. The Morgan fingerprint density at radius 1 is 1.28 bits per heavy atom. The topological polar surface area (TPSA) is 55.3 Å². The van der Waals surface area contributed by atoms with Crippen molar-refractivity contribution in [2.45, 2.75) is 26.6 Å². The molecule has 0 aliphatic carbocycles. The zero-order valence-corrected chi connectivity index (χ0v) is 10.7. The molecule has 2 heterocycles. The lowest BCUT2D eigenvalue weighted by Crippen LogP contribution is -2.23. The summed E-state index contributed by atoms with van der Waals surface area (Å²) in [7, 11) is 0. The van der Waals surface area contributed by atoms with E-state index in [0.29, 0.717) is 6.54 Å². The number of hydrogen-bond donors (Lipinski definition) is 1. The Morgan fingerprint density at radius 2 is 2.17 bits per heavy atom. The molecule has 2 aromatic rings. The molecule has 4 nitrogen and oxygen atoms in total. The summed E-state index contributed by atoms with van der Waals surface area (Å²) in [5, 5.41) is 0. The first kappa shape index (κ1) is 12.8. The summed E-state index contributed by atoms with van der Waals surface area (Å²) < 4.78 is 5.48. The number of pyridine rings is 1. The van der Waals surface area contributed by atoms with Crippen LogP contribution in [0.3, 0.4) is 0 Å². The van der Waals surface area contributed by atoms with Crippen LogP contribution in [0.25, 0.3) is 0 Å². The quantitative estimate of drug-likeness (QED) is 0.847. The summed E-state index contributed by atoms with van der Waals surface area (Å²) in [6, 6.07) is 7.91. The summed E-state index contributed by atoms with van der Waals surface area (Å²) in [4.78, 5) is 6.62. The van der Waals surface area contributed by atoms with Crippen LogP contribution >= 0.6 is 0 Å². The van der Waals surface area contributed by atoms with Gasteiger partial charge in [-0.3, -0.25) is 9.88 Å². The fraction of sp³-hybridized carbons (Fsp3) is 0.357. The van der Waals surface area contributed by atoms with E-state index in [1.54, 1.807) is 6.26 Å². The van der Waals surface area contributed by atoms with Crippen molar-refractivity contribution in [2.75, 3.05) is 6.54 Å². The molecule has 0 atom stereocenters. The third-order valence-electron chi connectivity index (χ3n) is 2.98. The van der Waals surface area contributed by atoms with E-state index in [1.807, 2.05) is 30.5 Å². The van der Waals surface area contributed by atoms with Gasteiger partial charge < -0.3 is 10.2 Å². The van der Waals surface area contributed by atoms with Gasteiger partial charge in [0.05, 0.1) is 18.5 Å². The Balaban J connectivity index is 2.02. The van der Waals surface area contributed by atoms with Crippen molar-refractivity contribution in [1.29, 1.82) is 0 Å². The predicted molar refractivity (Wildman–Crippen MR) is 70.6 cm³/mol. The van der Waals surface area contributed by atoms with Gasteiger partial charge in [0.25, 0.3) is 0 Å². The van der Waals surface area contributed by atoms with Crippen LogP contribution in [0, 0.1) is 0 Å². The minimum absolute atomic E-state index is 0.521. The number of aromatic nitrogens is 1. The van der Waals surface area contributed by atoms with Crippen molar-refractivity contribution in [3.8, 4) is 0 Å². The first-order chi connectivity index (χ1) is 8.83. The molecule has 0 spiro atoms. The third-order valence-corrected chi connectivity index (χ3v) is 2.98. The molecule has 0 saturated carbocycles. The lowest BCUT2D eigenvalue weighted by molar-refractivity contribution is 0.244. The van der Waals surface area contributed by atoms with Crippen LogP contribution < -0.4 is 5.73 Å². The smallest absolute Gasteiger partial charge is 0.122 e. The van der Waals surface area contributed by atoms with E-state index in [0.717, 1.165) is 36.7 Å². The maximum atomic E-state index is 5.67. The molecule has 0 fully saturated rings. The van der Waals surface area contributed by atoms with Crippen molar-refractivity contribution in [2.24, 2.45) is 5.73 Å². The fourth-order valence-corrected chi connectivity index (χ4v) is 1.89. The Hall–Kier alpha value is -1.65. The minimum Gasteiger partial charge on any atom is -0.468 e. The summed E-state index contributed by atoms with van der Waals surface area (Å²) in [6.07, 6.45) is 3.52. The molecule has 2 N–H and O–H groups in total. The molecule has 0 aromatic carbocycles. The zero-order chi connectivity index (χ0) is 12.8. The number of furan rings is 1. The highest BCUT2D eigenvalue weighted by atomic mass is 16.3. The van der Waals surface area contributed by atoms with E-state index < -0.39 is 0 Å². The van der Waals surface area contributed by atoms with Crippen LogP contribution in [-0.4, -0.2) is 16.4 Å². The summed E-state index contributed by atoms with van der Waals surface area (Å²) in [5.41, 5.74) is 7.82. The fourth-order valence-electron chi connectivity index (χ4n) is 1.89. The van der Waals surface area contributed by atoms with Gasteiger partial charge in [-0.05, 0) is 24.7 Å². The van der Waals surface area contributed by atoms with Crippen molar-refractivity contribution in [1.82, 2.24) is 9.88 Å². The molecule has 0 aliphatic rings. The minimum atomic E-state index is 0.521. The molecule has 2 aromatic heterocycles. The number of nitrogens with zero attached hydrogens (tertiary/aromatic N) is 2. The van der Waals surface area contributed by atoms with Crippen LogP contribution in [0.1, 0.15) is 23.9 Å². The maximum absolute atomic E-state index is 5.67. The van der Waals surface area contributed by atoms with Crippen molar-refractivity contribution in [3.05, 3.63) is 53.7 Å². The molecule has 0 saturated heterocycles. The van der Waals surface area contributed by atoms with Gasteiger partial charge in [0.15, 0.2) is 0 Å². The van der Waals surface area contributed by atoms with E-state index in [2.05, 4.69) is 16.8 Å². The van der Waals surface area contributed by atoms with Crippen LogP contribution in [0.2, 0.25) is 0 Å². The second kappa shape index (κ2) is 6.33. The predicted octanol–water partition coefficient (Wildman–Crippen LogP) is 2.16. The zero-order valence-electron chi connectivity index (χ0n) is 10.7. The van der Waals surface area contributed by atoms with Gasteiger partial charge in [0.1, 0.15) is 5.76 Å². The van der Waals surface area contributed by atoms with Gasteiger partial charge in [-0.25, -0.2) is 0 Å². The first-order valence-corrected chi connectivity index (χ1v) is 6.21. The van der Waals surface area contributed by atoms with Crippen LogP contribution in [0.4, 0.5) is 0 Å². The highest BCUT2D eigenvalue weighted by Gasteiger charge is 2.10. The van der Waals surface area contributed by atoms with Crippen molar-refractivity contribution >= 4 is 0 Å². The summed E-state index contributed by atoms with van der Waals surface area (Å²) >= 11 is 0. The molecule has 0 unspecified atom stereocenters. The largest absolute Gasteiger partial charge is 0.468 e. The van der Waals surface area contributed by atoms with Gasteiger partial charge in [0.2, 0.25) is 0 Å². The van der Waals surface area contributed by atoms with E-state index in [9.17, 15) is 0 Å². The molecule has 96 valence electrons. The van der Waals surface area contributed by atoms with Gasteiger partial charge in [-0.1, -0.05) is 13.0 Å². The lowest BCUT2D eigenvalue weighted by Gasteiger charge is -2.19. The molecule has 0 amide bonds. The number of rotatable bonds is 6. The summed E-state index contributed by atoms with van der Waals surface area (Å²) in [5.74, 6) is 0.954. The molecule has 18 heavy (non-hydrogen) atoms. The average Bonchev–Trinajstić information content (AvgIpc) is 2.86. The van der Waals surface area contributed by atoms with Crippen molar-refractivity contribution < 1.29 is 4.42 Å². The molecule has 0 aliphatic heterocycles. The van der Waals surface area contributed by atoms with Crippen LogP contribution in [0.15, 0.2) is 41.1 Å². The molecule has 2 rings (SSSR count). The van der Waals surface area contributed by atoms with E-state index in [-0.39, 0.29) is 0 Å². The molecule has 4 heteroatoms. The van der Waals surface area contributed by atoms with Gasteiger partial charge in [0, 0.05) is 24.8 Å². The Kier molecular flexibility index (Phi) is 4.50.